The number of hydrogen-bond donors (Lipinski definition) is 3. The standard InChI is InChI=1S/C27H18F4N4O5S2/c1-13-2-4-16(22(8-13)41(32,37)38)14-9-17-18(12-34-27(17)33-11-14)26(36)24-20(30)6-7-21(25(24)31)35-42(39,40)23-10-15(28)3-5-19(23)29/h2-12,35H,1H3,(H,33,34)(H2,32,37,38). The van der Waals surface area contributed by atoms with Gasteiger partial charge in [-0.05, 0) is 55.0 Å². The van der Waals surface area contributed by atoms with E-state index in [4.69, 9.17) is 5.14 Å². The summed E-state index contributed by atoms with van der Waals surface area (Å²) < 4.78 is 109. The van der Waals surface area contributed by atoms with Gasteiger partial charge in [-0.3, -0.25) is 9.52 Å². The molecule has 0 fully saturated rings. The number of hydrogen-bond acceptors (Lipinski definition) is 6. The van der Waals surface area contributed by atoms with Gasteiger partial charge in [0.1, 0.15) is 28.0 Å². The predicted octanol–water partition coefficient (Wildman–Crippen LogP) is 4.77. The van der Waals surface area contributed by atoms with Gasteiger partial charge < -0.3 is 4.98 Å². The van der Waals surface area contributed by atoms with Gasteiger partial charge in [0.05, 0.1) is 16.1 Å². The third-order valence-corrected chi connectivity index (χ3v) is 8.61. The number of carbonyl (C=O) groups is 1. The van der Waals surface area contributed by atoms with Crippen LogP contribution in [0.1, 0.15) is 21.5 Å². The van der Waals surface area contributed by atoms with Crippen molar-refractivity contribution >= 4 is 42.6 Å². The van der Waals surface area contributed by atoms with Crippen LogP contribution in [-0.2, 0) is 20.0 Å². The molecule has 0 bridgehead atoms. The van der Waals surface area contributed by atoms with E-state index >= 15 is 4.39 Å². The fourth-order valence-electron chi connectivity index (χ4n) is 4.30. The number of aromatic nitrogens is 2. The summed E-state index contributed by atoms with van der Waals surface area (Å²) in [6.45, 7) is 1.66. The summed E-state index contributed by atoms with van der Waals surface area (Å²) in [6.07, 6.45) is 2.44. The van der Waals surface area contributed by atoms with Gasteiger partial charge in [-0.2, -0.15) is 0 Å². The van der Waals surface area contributed by atoms with E-state index < -0.39 is 65.2 Å². The van der Waals surface area contributed by atoms with E-state index in [9.17, 15) is 34.8 Å². The molecule has 0 spiro atoms. The summed E-state index contributed by atoms with van der Waals surface area (Å²) in [6, 6.07) is 8.76. The van der Waals surface area contributed by atoms with Crippen LogP contribution in [0.3, 0.4) is 0 Å². The zero-order chi connectivity index (χ0) is 30.6. The second-order valence-electron chi connectivity index (χ2n) is 9.16. The maximum absolute atomic E-state index is 15.5. The molecule has 0 amide bonds. The molecule has 0 aliphatic rings. The molecule has 4 N–H and O–H groups in total. The first-order valence-electron chi connectivity index (χ1n) is 11.8. The van der Waals surface area contributed by atoms with Crippen LogP contribution < -0.4 is 9.86 Å². The van der Waals surface area contributed by atoms with E-state index in [1.165, 1.54) is 24.4 Å². The molecular formula is C27H18F4N4O5S2. The average molecular weight is 619 g/mol. The lowest BCUT2D eigenvalue weighted by Gasteiger charge is -2.12. The maximum Gasteiger partial charge on any atom is 0.265 e. The van der Waals surface area contributed by atoms with Crippen LogP contribution in [0.5, 0.6) is 0 Å². The van der Waals surface area contributed by atoms with Gasteiger partial charge in [0, 0.05) is 34.5 Å². The van der Waals surface area contributed by atoms with E-state index in [0.717, 1.165) is 6.20 Å². The lowest BCUT2D eigenvalue weighted by atomic mass is 9.99. The Labute approximate surface area is 236 Å². The molecule has 0 radical (unpaired) electrons. The molecule has 0 saturated carbocycles. The molecule has 5 aromatic rings. The molecular weight excluding hydrogens is 600 g/mol. The molecule has 5 rings (SSSR count). The van der Waals surface area contributed by atoms with Crippen molar-refractivity contribution in [2.45, 2.75) is 16.7 Å². The summed E-state index contributed by atoms with van der Waals surface area (Å²) in [5.41, 5.74) is -1.23. The molecule has 2 aromatic heterocycles. The lowest BCUT2D eigenvalue weighted by Crippen LogP contribution is -2.17. The third-order valence-electron chi connectivity index (χ3n) is 6.28. The molecule has 0 atom stereocenters. The summed E-state index contributed by atoms with van der Waals surface area (Å²) in [4.78, 5) is 19.0. The number of aromatic amines is 1. The number of anilines is 1. The van der Waals surface area contributed by atoms with Gasteiger partial charge >= 0.3 is 0 Å². The van der Waals surface area contributed by atoms with E-state index in [-0.39, 0.29) is 32.6 Å². The minimum Gasteiger partial charge on any atom is -0.345 e. The first-order chi connectivity index (χ1) is 19.7. The van der Waals surface area contributed by atoms with E-state index in [2.05, 4.69) is 9.97 Å². The first kappa shape index (κ1) is 28.9. The van der Waals surface area contributed by atoms with Crippen molar-refractivity contribution in [3.8, 4) is 11.1 Å². The molecule has 3 aromatic carbocycles. The van der Waals surface area contributed by atoms with Gasteiger partial charge in [0.25, 0.3) is 10.0 Å². The number of primary sulfonamides is 1. The number of benzene rings is 3. The van der Waals surface area contributed by atoms with Crippen LogP contribution in [0.2, 0.25) is 0 Å². The molecule has 42 heavy (non-hydrogen) atoms. The molecule has 2 heterocycles. The second kappa shape index (κ2) is 10.3. The van der Waals surface area contributed by atoms with Crippen molar-refractivity contribution < 1.29 is 39.2 Å². The zero-order valence-electron chi connectivity index (χ0n) is 21.2. The molecule has 0 unspecified atom stereocenters. The quantitative estimate of drug-likeness (QED) is 0.177. The number of aryl methyl sites for hydroxylation is 1. The van der Waals surface area contributed by atoms with Gasteiger partial charge in [-0.1, -0.05) is 12.1 Å². The Balaban J connectivity index is 1.59. The summed E-state index contributed by atoms with van der Waals surface area (Å²) >= 11 is 0. The van der Waals surface area contributed by atoms with Gasteiger partial charge in [0.15, 0.2) is 5.82 Å². The van der Waals surface area contributed by atoms with Crippen molar-refractivity contribution in [2.75, 3.05) is 4.72 Å². The number of ketones is 1. The largest absolute Gasteiger partial charge is 0.345 e. The molecule has 216 valence electrons. The normalized spacial score (nSPS) is 12.0. The number of sulfonamides is 2. The Morgan fingerprint density at radius 3 is 2.33 bits per heavy atom. The van der Waals surface area contributed by atoms with Crippen LogP contribution in [0.15, 0.2) is 76.8 Å². The Bertz CT molecular complexity index is 2150. The van der Waals surface area contributed by atoms with Crippen molar-refractivity contribution in [1.82, 2.24) is 9.97 Å². The number of nitrogens with zero attached hydrogens (tertiary/aromatic N) is 1. The summed E-state index contributed by atoms with van der Waals surface area (Å²) in [7, 11) is -9.07. The first-order valence-corrected chi connectivity index (χ1v) is 14.8. The van der Waals surface area contributed by atoms with Crippen LogP contribution in [0.4, 0.5) is 23.2 Å². The number of H-pyrrole nitrogens is 1. The smallest absolute Gasteiger partial charge is 0.265 e. The number of fused-ring (bicyclic) bond motifs is 1. The van der Waals surface area contributed by atoms with E-state index in [1.54, 1.807) is 17.7 Å². The zero-order valence-corrected chi connectivity index (χ0v) is 22.9. The fraction of sp³-hybridized carbons (Fsp3) is 0.0370. The number of nitrogens with one attached hydrogen (secondary N) is 2. The molecule has 9 nitrogen and oxygen atoms in total. The van der Waals surface area contributed by atoms with Crippen molar-refractivity contribution in [3.63, 3.8) is 0 Å². The van der Waals surface area contributed by atoms with Crippen molar-refractivity contribution in [2.24, 2.45) is 5.14 Å². The summed E-state index contributed by atoms with van der Waals surface area (Å²) in [5.74, 6) is -6.59. The average Bonchev–Trinajstić information content (AvgIpc) is 3.34. The van der Waals surface area contributed by atoms with Gasteiger partial charge in [-0.25, -0.2) is 44.5 Å². The van der Waals surface area contributed by atoms with Gasteiger partial charge in [-0.15, -0.1) is 0 Å². The Kier molecular flexibility index (Phi) is 7.12. The number of carbonyl (C=O) groups excluding carboxylic acids is 1. The maximum atomic E-state index is 15.5. The number of pyridine rings is 1. The summed E-state index contributed by atoms with van der Waals surface area (Å²) in [5, 5.41) is 5.43. The molecule has 0 aliphatic heterocycles. The highest BCUT2D eigenvalue weighted by Crippen LogP contribution is 2.32. The lowest BCUT2D eigenvalue weighted by molar-refractivity contribution is 0.103. The van der Waals surface area contributed by atoms with E-state index in [0.29, 0.717) is 35.9 Å². The molecule has 0 saturated heterocycles. The van der Waals surface area contributed by atoms with Crippen LogP contribution in [0, 0.1) is 30.2 Å². The Morgan fingerprint density at radius 2 is 1.62 bits per heavy atom. The van der Waals surface area contributed by atoms with Crippen molar-refractivity contribution in [3.05, 3.63) is 107 Å². The highest BCUT2D eigenvalue weighted by Gasteiger charge is 2.28. The number of nitrogens with two attached hydrogens (primary N) is 1. The second-order valence-corrected chi connectivity index (χ2v) is 12.3. The SMILES string of the molecule is Cc1ccc(-c2cnc3[nH]cc(C(=O)c4c(F)ccc(NS(=O)(=O)c5cc(F)ccc5F)c4F)c3c2)c(S(N)(=O)=O)c1. The predicted molar refractivity (Wildman–Crippen MR) is 145 cm³/mol. The molecule has 0 aliphatic carbocycles. The highest BCUT2D eigenvalue weighted by atomic mass is 32.2. The van der Waals surface area contributed by atoms with Gasteiger partial charge in [0.2, 0.25) is 15.8 Å². The number of rotatable bonds is 7. The number of halogens is 4. The van der Waals surface area contributed by atoms with Crippen LogP contribution in [0.25, 0.3) is 22.2 Å². The third kappa shape index (κ3) is 5.24. The van der Waals surface area contributed by atoms with Crippen LogP contribution >= 0.6 is 0 Å². The van der Waals surface area contributed by atoms with Crippen LogP contribution in [-0.4, -0.2) is 32.6 Å². The monoisotopic (exact) mass is 618 g/mol. The molecule has 15 heteroatoms. The fourth-order valence-corrected chi connectivity index (χ4v) is 6.29. The van der Waals surface area contributed by atoms with Crippen molar-refractivity contribution in [1.29, 1.82) is 0 Å². The highest BCUT2D eigenvalue weighted by molar-refractivity contribution is 7.92. The minimum atomic E-state index is -4.90. The Hall–Kier alpha value is -4.60. The minimum absolute atomic E-state index is 0.0602. The topological polar surface area (TPSA) is 152 Å². The Morgan fingerprint density at radius 1 is 0.905 bits per heavy atom. The van der Waals surface area contributed by atoms with E-state index in [1.807, 2.05) is 0 Å².